The highest BCUT2D eigenvalue weighted by atomic mass is 35.5. The third-order valence-electron chi connectivity index (χ3n) is 4.92. The van der Waals surface area contributed by atoms with Crippen LogP contribution in [0.4, 0.5) is 4.39 Å². The molecule has 0 aliphatic heterocycles. The third-order valence-corrected chi connectivity index (χ3v) is 5.29. The van der Waals surface area contributed by atoms with E-state index in [1.165, 1.54) is 12.1 Å². The molecular weight excluding hydrogens is 413 g/mol. The number of nitrogens with zero attached hydrogens (tertiary/aromatic N) is 2. The zero-order chi connectivity index (χ0) is 21.6. The topological polar surface area (TPSA) is 46.9 Å². The summed E-state index contributed by atoms with van der Waals surface area (Å²) in [5.74, 6) is -0.389. The predicted octanol–water partition coefficient (Wildman–Crippen LogP) is 5.58. The van der Waals surface area contributed by atoms with Crippen molar-refractivity contribution in [3.05, 3.63) is 107 Å². The first kappa shape index (κ1) is 20.8. The first-order chi connectivity index (χ1) is 15.1. The highest BCUT2D eigenvalue weighted by Gasteiger charge is 2.13. The first-order valence-electron chi connectivity index (χ1n) is 10.0. The highest BCUT2D eigenvalue weighted by molar-refractivity contribution is 6.31. The number of benzene rings is 3. The number of carbonyl (C=O) groups is 1. The number of carbonyl (C=O) groups excluding carboxylic acids is 1. The monoisotopic (exact) mass is 433 g/mol. The molecule has 6 heteroatoms. The molecule has 0 spiro atoms. The second-order valence-electron chi connectivity index (χ2n) is 7.15. The smallest absolute Gasteiger partial charge is 0.220 e. The summed E-state index contributed by atoms with van der Waals surface area (Å²) in [6.07, 6.45) is 0.759. The number of para-hydroxylation sites is 1. The van der Waals surface area contributed by atoms with Crippen LogP contribution in [0, 0.1) is 5.82 Å². The van der Waals surface area contributed by atoms with Crippen LogP contribution in [0.1, 0.15) is 17.7 Å². The lowest BCUT2D eigenvalue weighted by molar-refractivity contribution is -0.121. The summed E-state index contributed by atoms with van der Waals surface area (Å²) >= 11 is 6.14. The minimum Gasteiger partial charge on any atom is -0.352 e. The lowest BCUT2D eigenvalue weighted by Crippen LogP contribution is -2.23. The molecule has 0 saturated carbocycles. The van der Waals surface area contributed by atoms with Crippen LogP contribution in [-0.2, 0) is 17.8 Å². The number of rotatable bonds is 7. The lowest BCUT2D eigenvalue weighted by atomic mass is 10.1. The fourth-order valence-corrected chi connectivity index (χ4v) is 3.54. The summed E-state index contributed by atoms with van der Waals surface area (Å²) in [6, 6.07) is 25.4. The quantitative estimate of drug-likeness (QED) is 0.413. The summed E-state index contributed by atoms with van der Waals surface area (Å²) in [5, 5.41) is 8.21. The maximum absolute atomic E-state index is 13.8. The molecule has 4 nitrogen and oxygen atoms in total. The molecule has 0 unspecified atom stereocenters. The van der Waals surface area contributed by atoms with Gasteiger partial charge in [-0.2, -0.15) is 5.10 Å². The van der Waals surface area contributed by atoms with Gasteiger partial charge in [0, 0.05) is 30.0 Å². The molecular formula is C25H21ClFN3O. The number of aryl methyl sites for hydroxylation is 1. The molecule has 3 aromatic carbocycles. The van der Waals surface area contributed by atoms with Crippen molar-refractivity contribution in [3.8, 4) is 16.9 Å². The molecule has 156 valence electrons. The second kappa shape index (κ2) is 9.58. The molecule has 0 atom stereocenters. The molecule has 4 rings (SSSR count). The van der Waals surface area contributed by atoms with Crippen molar-refractivity contribution in [3.63, 3.8) is 0 Å². The molecule has 0 bridgehead atoms. The molecule has 1 aromatic heterocycles. The standard InChI is InChI=1S/C25H21ClFN3O/c26-23-12-5-4-7-19(23)17-28-25(31)14-13-21-16-24(18-8-6-9-20(27)15-18)30(29-21)22-10-2-1-3-11-22/h1-12,15-16H,13-14,17H2,(H,28,31). The average molecular weight is 434 g/mol. The summed E-state index contributed by atoms with van der Waals surface area (Å²) in [4.78, 5) is 12.3. The molecule has 1 heterocycles. The number of aromatic nitrogens is 2. The Kier molecular flexibility index (Phi) is 6.43. The molecule has 1 amide bonds. The minimum atomic E-state index is -0.307. The fraction of sp³-hybridized carbons (Fsp3) is 0.120. The van der Waals surface area contributed by atoms with Crippen molar-refractivity contribution >= 4 is 17.5 Å². The number of nitrogens with one attached hydrogen (secondary N) is 1. The van der Waals surface area contributed by atoms with Crippen LogP contribution in [0.5, 0.6) is 0 Å². The van der Waals surface area contributed by atoms with Crippen LogP contribution in [-0.4, -0.2) is 15.7 Å². The van der Waals surface area contributed by atoms with Crippen LogP contribution in [0.15, 0.2) is 84.9 Å². The average Bonchev–Trinajstić information content (AvgIpc) is 3.22. The molecule has 0 saturated heterocycles. The van der Waals surface area contributed by atoms with Gasteiger partial charge in [-0.05, 0) is 42.0 Å². The van der Waals surface area contributed by atoms with E-state index < -0.39 is 0 Å². The summed E-state index contributed by atoms with van der Waals surface area (Å²) in [7, 11) is 0. The zero-order valence-electron chi connectivity index (χ0n) is 16.8. The van der Waals surface area contributed by atoms with E-state index in [-0.39, 0.29) is 11.7 Å². The number of amides is 1. The predicted molar refractivity (Wildman–Crippen MR) is 121 cm³/mol. The van der Waals surface area contributed by atoms with Gasteiger partial charge in [0.25, 0.3) is 0 Å². The fourth-order valence-electron chi connectivity index (χ4n) is 3.34. The van der Waals surface area contributed by atoms with Crippen LogP contribution in [0.2, 0.25) is 5.02 Å². The second-order valence-corrected chi connectivity index (χ2v) is 7.55. The lowest BCUT2D eigenvalue weighted by Gasteiger charge is -2.07. The van der Waals surface area contributed by atoms with Crippen molar-refractivity contribution in [2.75, 3.05) is 0 Å². The van der Waals surface area contributed by atoms with Crippen molar-refractivity contribution < 1.29 is 9.18 Å². The maximum atomic E-state index is 13.8. The molecule has 0 fully saturated rings. The summed E-state index contributed by atoms with van der Waals surface area (Å²) in [5.41, 5.74) is 4.01. The molecule has 1 N–H and O–H groups in total. The molecule has 0 aliphatic rings. The van der Waals surface area contributed by atoms with Gasteiger partial charge in [-0.15, -0.1) is 0 Å². The van der Waals surface area contributed by atoms with Gasteiger partial charge in [-0.1, -0.05) is 60.1 Å². The van der Waals surface area contributed by atoms with Gasteiger partial charge in [0.2, 0.25) is 5.91 Å². The SMILES string of the molecule is O=C(CCc1cc(-c2cccc(F)c2)n(-c2ccccc2)n1)NCc1ccccc1Cl. The van der Waals surface area contributed by atoms with E-state index in [1.54, 1.807) is 16.8 Å². The third kappa shape index (κ3) is 5.19. The van der Waals surface area contributed by atoms with Crippen molar-refractivity contribution in [1.29, 1.82) is 0 Å². The Morgan fingerprint density at radius 3 is 2.52 bits per heavy atom. The van der Waals surface area contributed by atoms with Crippen molar-refractivity contribution in [1.82, 2.24) is 15.1 Å². The van der Waals surface area contributed by atoms with E-state index in [2.05, 4.69) is 10.4 Å². The normalized spacial score (nSPS) is 10.8. The van der Waals surface area contributed by atoms with E-state index in [0.717, 1.165) is 28.2 Å². The summed E-state index contributed by atoms with van der Waals surface area (Å²) in [6.45, 7) is 0.380. The minimum absolute atomic E-state index is 0.0820. The van der Waals surface area contributed by atoms with Crippen molar-refractivity contribution in [2.45, 2.75) is 19.4 Å². The van der Waals surface area contributed by atoms with Gasteiger partial charge in [-0.25, -0.2) is 9.07 Å². The summed E-state index contributed by atoms with van der Waals surface area (Å²) < 4.78 is 15.6. The number of halogens is 2. The van der Waals surface area contributed by atoms with Gasteiger partial charge in [0.05, 0.1) is 17.1 Å². The van der Waals surface area contributed by atoms with E-state index in [0.29, 0.717) is 24.4 Å². The highest BCUT2D eigenvalue weighted by Crippen LogP contribution is 2.25. The van der Waals surface area contributed by atoms with Gasteiger partial charge >= 0.3 is 0 Å². The van der Waals surface area contributed by atoms with Crippen LogP contribution in [0.25, 0.3) is 16.9 Å². The Morgan fingerprint density at radius 2 is 1.74 bits per heavy atom. The number of hydrogen-bond donors (Lipinski definition) is 1. The Bertz CT molecular complexity index is 1190. The first-order valence-corrected chi connectivity index (χ1v) is 10.4. The van der Waals surface area contributed by atoms with Crippen LogP contribution >= 0.6 is 11.6 Å². The largest absolute Gasteiger partial charge is 0.352 e. The Balaban J connectivity index is 1.50. The van der Waals surface area contributed by atoms with Gasteiger partial charge in [-0.3, -0.25) is 4.79 Å². The number of hydrogen-bond acceptors (Lipinski definition) is 2. The van der Waals surface area contributed by atoms with E-state index in [9.17, 15) is 9.18 Å². The molecule has 0 radical (unpaired) electrons. The Labute approximate surface area is 185 Å². The molecule has 31 heavy (non-hydrogen) atoms. The Hall–Kier alpha value is -3.44. The Morgan fingerprint density at radius 1 is 0.968 bits per heavy atom. The van der Waals surface area contributed by atoms with Gasteiger partial charge < -0.3 is 5.32 Å². The van der Waals surface area contributed by atoms with Crippen molar-refractivity contribution in [2.24, 2.45) is 0 Å². The van der Waals surface area contributed by atoms with E-state index in [4.69, 9.17) is 11.6 Å². The van der Waals surface area contributed by atoms with E-state index in [1.807, 2.05) is 60.7 Å². The van der Waals surface area contributed by atoms with Gasteiger partial charge in [0.15, 0.2) is 0 Å². The van der Waals surface area contributed by atoms with E-state index >= 15 is 0 Å². The zero-order valence-corrected chi connectivity index (χ0v) is 17.5. The maximum Gasteiger partial charge on any atom is 0.220 e. The van der Waals surface area contributed by atoms with Crippen LogP contribution < -0.4 is 5.32 Å². The molecule has 0 aliphatic carbocycles. The molecule has 4 aromatic rings. The van der Waals surface area contributed by atoms with Crippen LogP contribution in [0.3, 0.4) is 0 Å². The van der Waals surface area contributed by atoms with Gasteiger partial charge in [0.1, 0.15) is 5.82 Å².